The van der Waals surface area contributed by atoms with Crippen LogP contribution in [-0.2, 0) is 14.6 Å². The first-order valence-corrected chi connectivity index (χ1v) is 6.39. The number of ether oxygens (including phenoxy) is 1. The number of anilines is 1. The highest BCUT2D eigenvalue weighted by Gasteiger charge is 2.24. The molecule has 16 heavy (non-hydrogen) atoms. The highest BCUT2D eigenvalue weighted by molar-refractivity contribution is 7.91. The number of nitrogens with one attached hydrogen (secondary N) is 1. The molecule has 0 radical (unpaired) electrons. The fraction of sp³-hybridized carbons (Fsp3) is 0.300. The summed E-state index contributed by atoms with van der Waals surface area (Å²) in [5.74, 6) is -0.398. The van der Waals surface area contributed by atoms with Crippen LogP contribution in [0.4, 0.5) is 5.69 Å². The lowest BCUT2D eigenvalue weighted by molar-refractivity contribution is 0.0600. The third-order valence-electron chi connectivity index (χ3n) is 2.42. The molecule has 1 N–H and O–H groups in total. The number of hydrogen-bond acceptors (Lipinski definition) is 5. The van der Waals surface area contributed by atoms with Crippen LogP contribution in [0.3, 0.4) is 0 Å². The van der Waals surface area contributed by atoms with Gasteiger partial charge in [0.1, 0.15) is 0 Å². The Hall–Kier alpha value is -1.56. The number of methoxy groups -OCH3 is 1. The lowest BCUT2D eigenvalue weighted by Gasteiger charge is -2.18. The van der Waals surface area contributed by atoms with Gasteiger partial charge in [0, 0.05) is 6.54 Å². The van der Waals surface area contributed by atoms with Gasteiger partial charge in [-0.1, -0.05) is 0 Å². The lowest BCUT2D eigenvalue weighted by Crippen LogP contribution is -2.23. The van der Waals surface area contributed by atoms with Crippen molar-refractivity contribution in [1.29, 1.82) is 0 Å². The Morgan fingerprint density at radius 3 is 2.88 bits per heavy atom. The first-order chi connectivity index (χ1) is 7.54. The van der Waals surface area contributed by atoms with Gasteiger partial charge >= 0.3 is 5.97 Å². The van der Waals surface area contributed by atoms with Crippen LogP contribution in [0.5, 0.6) is 0 Å². The molecule has 1 heterocycles. The van der Waals surface area contributed by atoms with Crippen molar-refractivity contribution in [1.82, 2.24) is 0 Å². The molecular formula is C10H11NO4S. The van der Waals surface area contributed by atoms with Gasteiger partial charge in [0.25, 0.3) is 0 Å². The SMILES string of the molecule is COC(=O)c1ccc2c(c1)NCCS2(=O)=O. The lowest BCUT2D eigenvalue weighted by atomic mass is 10.2. The van der Waals surface area contributed by atoms with Gasteiger partial charge in [0.2, 0.25) is 0 Å². The van der Waals surface area contributed by atoms with E-state index < -0.39 is 15.8 Å². The molecule has 0 aliphatic carbocycles. The summed E-state index contributed by atoms with van der Waals surface area (Å²) in [7, 11) is -1.92. The average Bonchev–Trinajstić information content (AvgIpc) is 2.27. The van der Waals surface area contributed by atoms with E-state index in [0.717, 1.165) is 0 Å². The van der Waals surface area contributed by atoms with E-state index in [1.165, 1.54) is 25.3 Å². The van der Waals surface area contributed by atoms with E-state index in [-0.39, 0.29) is 10.6 Å². The monoisotopic (exact) mass is 241 g/mol. The number of hydrogen-bond donors (Lipinski definition) is 1. The van der Waals surface area contributed by atoms with Gasteiger partial charge in [-0.2, -0.15) is 0 Å². The molecule has 6 heteroatoms. The van der Waals surface area contributed by atoms with Gasteiger partial charge in [-0.3, -0.25) is 0 Å². The van der Waals surface area contributed by atoms with Gasteiger partial charge in [-0.05, 0) is 18.2 Å². The molecule has 2 rings (SSSR count). The summed E-state index contributed by atoms with van der Waals surface area (Å²) in [5.41, 5.74) is 0.806. The summed E-state index contributed by atoms with van der Waals surface area (Å²) in [6, 6.07) is 4.39. The Labute approximate surface area is 93.3 Å². The van der Waals surface area contributed by atoms with Crippen molar-refractivity contribution in [2.24, 2.45) is 0 Å². The van der Waals surface area contributed by atoms with Crippen LogP contribution < -0.4 is 5.32 Å². The molecule has 1 aromatic carbocycles. The molecule has 86 valence electrons. The zero-order valence-corrected chi connectivity index (χ0v) is 9.50. The molecule has 0 unspecified atom stereocenters. The molecular weight excluding hydrogens is 230 g/mol. The van der Waals surface area contributed by atoms with Crippen LogP contribution in [0, 0.1) is 0 Å². The Morgan fingerprint density at radius 1 is 1.44 bits per heavy atom. The highest BCUT2D eigenvalue weighted by atomic mass is 32.2. The molecule has 0 amide bonds. The maximum Gasteiger partial charge on any atom is 0.337 e. The van der Waals surface area contributed by atoms with Crippen LogP contribution in [0.25, 0.3) is 0 Å². The van der Waals surface area contributed by atoms with Crippen molar-refractivity contribution in [3.05, 3.63) is 23.8 Å². The first kappa shape index (κ1) is 10.9. The average molecular weight is 241 g/mol. The molecule has 1 aliphatic rings. The minimum atomic E-state index is -3.21. The van der Waals surface area contributed by atoms with E-state index >= 15 is 0 Å². The van der Waals surface area contributed by atoms with Gasteiger partial charge in [-0.15, -0.1) is 0 Å². The van der Waals surface area contributed by atoms with Crippen molar-refractivity contribution in [2.75, 3.05) is 24.7 Å². The Bertz CT molecular complexity index is 536. The van der Waals surface area contributed by atoms with Crippen LogP contribution >= 0.6 is 0 Å². The Kier molecular flexibility index (Phi) is 2.59. The van der Waals surface area contributed by atoms with Crippen molar-refractivity contribution >= 4 is 21.5 Å². The molecule has 0 aromatic heterocycles. The van der Waals surface area contributed by atoms with E-state index in [2.05, 4.69) is 10.1 Å². The van der Waals surface area contributed by atoms with Gasteiger partial charge in [0.05, 0.1) is 29.0 Å². The van der Waals surface area contributed by atoms with Gasteiger partial charge < -0.3 is 10.1 Å². The molecule has 0 spiro atoms. The number of carbonyl (C=O) groups excluding carboxylic acids is 1. The van der Waals surface area contributed by atoms with Gasteiger partial charge in [0.15, 0.2) is 9.84 Å². The predicted octanol–water partition coefficient (Wildman–Crippen LogP) is 0.672. The van der Waals surface area contributed by atoms with E-state index in [0.29, 0.717) is 17.8 Å². The molecule has 0 saturated heterocycles. The summed E-state index contributed by atoms with van der Waals surface area (Å²) in [4.78, 5) is 11.5. The fourth-order valence-corrected chi connectivity index (χ4v) is 2.95. The van der Waals surface area contributed by atoms with Crippen LogP contribution in [0.15, 0.2) is 23.1 Å². The van der Waals surface area contributed by atoms with Crippen LogP contribution in [0.2, 0.25) is 0 Å². The van der Waals surface area contributed by atoms with Crippen molar-refractivity contribution < 1.29 is 17.9 Å². The molecule has 1 aliphatic heterocycles. The Morgan fingerprint density at radius 2 is 2.19 bits per heavy atom. The third kappa shape index (κ3) is 1.76. The number of benzene rings is 1. The van der Waals surface area contributed by atoms with Crippen LogP contribution in [0.1, 0.15) is 10.4 Å². The van der Waals surface area contributed by atoms with Crippen molar-refractivity contribution in [2.45, 2.75) is 4.90 Å². The van der Waals surface area contributed by atoms with E-state index in [9.17, 15) is 13.2 Å². The highest BCUT2D eigenvalue weighted by Crippen LogP contribution is 2.27. The Balaban J connectivity index is 2.52. The quantitative estimate of drug-likeness (QED) is 0.732. The number of rotatable bonds is 1. The third-order valence-corrected chi connectivity index (χ3v) is 4.19. The second-order valence-electron chi connectivity index (χ2n) is 3.45. The van der Waals surface area contributed by atoms with Crippen LogP contribution in [-0.4, -0.2) is 33.8 Å². The minimum absolute atomic E-state index is 0.0809. The zero-order chi connectivity index (χ0) is 11.8. The number of fused-ring (bicyclic) bond motifs is 1. The molecule has 0 saturated carbocycles. The summed E-state index contributed by atoms with van der Waals surface area (Å²) < 4.78 is 27.9. The number of esters is 1. The van der Waals surface area contributed by atoms with E-state index in [1.807, 2.05) is 0 Å². The van der Waals surface area contributed by atoms with Crippen molar-refractivity contribution in [3.8, 4) is 0 Å². The summed E-state index contributed by atoms with van der Waals surface area (Å²) >= 11 is 0. The smallest absolute Gasteiger partial charge is 0.337 e. The fourth-order valence-electron chi connectivity index (χ4n) is 1.61. The minimum Gasteiger partial charge on any atom is -0.465 e. The van der Waals surface area contributed by atoms with Gasteiger partial charge in [-0.25, -0.2) is 13.2 Å². The summed E-state index contributed by atoms with van der Waals surface area (Å²) in [6.07, 6.45) is 0. The van der Waals surface area contributed by atoms with E-state index in [1.54, 1.807) is 0 Å². The maximum atomic E-state index is 11.7. The molecule has 0 bridgehead atoms. The standard InChI is InChI=1S/C10H11NO4S/c1-15-10(12)7-2-3-9-8(6-7)11-4-5-16(9,13)14/h2-3,6,11H,4-5H2,1H3. The second-order valence-corrected chi connectivity index (χ2v) is 5.53. The summed E-state index contributed by atoms with van der Waals surface area (Å²) in [5, 5.41) is 2.95. The van der Waals surface area contributed by atoms with E-state index in [4.69, 9.17) is 0 Å². The first-order valence-electron chi connectivity index (χ1n) is 4.73. The molecule has 0 atom stereocenters. The molecule has 5 nitrogen and oxygen atoms in total. The largest absolute Gasteiger partial charge is 0.465 e. The topological polar surface area (TPSA) is 72.5 Å². The maximum absolute atomic E-state index is 11.7. The zero-order valence-electron chi connectivity index (χ0n) is 8.69. The predicted molar refractivity (Wildman–Crippen MR) is 58.3 cm³/mol. The van der Waals surface area contributed by atoms with Crippen molar-refractivity contribution in [3.63, 3.8) is 0 Å². The second kappa shape index (κ2) is 3.79. The summed E-state index contributed by atoms with van der Waals surface area (Å²) in [6.45, 7) is 0.361. The normalized spacial score (nSPS) is 17.1. The number of sulfone groups is 1. The number of carbonyl (C=O) groups is 1. The molecule has 0 fully saturated rings. The molecule has 1 aromatic rings.